The number of aliphatic carboxylic acids is 1. The number of ether oxygens (including phenoxy) is 1. The Morgan fingerprint density at radius 2 is 1.72 bits per heavy atom. The molecule has 0 radical (unpaired) electrons. The van der Waals surface area contributed by atoms with Crippen molar-refractivity contribution in [3.8, 4) is 5.75 Å². The van der Waals surface area contributed by atoms with Gasteiger partial charge in [-0.3, -0.25) is 14.4 Å². The van der Waals surface area contributed by atoms with E-state index in [9.17, 15) is 24.3 Å². The molecule has 1 unspecified atom stereocenters. The Bertz CT molecular complexity index is 1050. The van der Waals surface area contributed by atoms with Crippen LogP contribution in [0.3, 0.4) is 0 Å². The molecule has 0 saturated carbocycles. The van der Waals surface area contributed by atoms with Crippen LogP contribution in [0, 0.1) is 5.41 Å². The van der Waals surface area contributed by atoms with E-state index < -0.39 is 23.0 Å². The van der Waals surface area contributed by atoms with E-state index in [0.29, 0.717) is 23.5 Å². The van der Waals surface area contributed by atoms with Gasteiger partial charge in [0.1, 0.15) is 12.4 Å². The highest BCUT2D eigenvalue weighted by Gasteiger charge is 2.47. The fourth-order valence-corrected chi connectivity index (χ4v) is 3.95. The third-order valence-electron chi connectivity index (χ3n) is 5.70. The maximum absolute atomic E-state index is 13.0. The molecule has 6 nitrogen and oxygen atoms in total. The number of carbonyl (C=O) groups excluding carboxylic acids is 3. The highest BCUT2D eigenvalue weighted by molar-refractivity contribution is 6.38. The Morgan fingerprint density at radius 3 is 2.38 bits per heavy atom. The summed E-state index contributed by atoms with van der Waals surface area (Å²) in [4.78, 5) is 50.1. The van der Waals surface area contributed by atoms with Gasteiger partial charge >= 0.3 is 5.97 Å². The minimum absolute atomic E-state index is 0.0449. The molecule has 0 bridgehead atoms. The number of benzene rings is 1. The fourth-order valence-electron chi connectivity index (χ4n) is 3.95. The van der Waals surface area contributed by atoms with Crippen molar-refractivity contribution in [1.82, 2.24) is 0 Å². The maximum Gasteiger partial charge on any atom is 0.373 e. The van der Waals surface area contributed by atoms with Gasteiger partial charge in [-0.1, -0.05) is 18.2 Å². The number of fused-ring (bicyclic) bond motifs is 1. The van der Waals surface area contributed by atoms with Gasteiger partial charge in [0.2, 0.25) is 0 Å². The summed E-state index contributed by atoms with van der Waals surface area (Å²) >= 11 is 0. The molecule has 1 aromatic carbocycles. The molecular weight excluding hydrogens is 372 g/mol. The highest BCUT2D eigenvalue weighted by atomic mass is 16.5. The van der Waals surface area contributed by atoms with Crippen LogP contribution in [-0.4, -0.2) is 35.0 Å². The van der Waals surface area contributed by atoms with Crippen molar-refractivity contribution in [1.29, 1.82) is 0 Å². The summed E-state index contributed by atoms with van der Waals surface area (Å²) in [5.41, 5.74) is 0.447. The molecule has 1 N–H and O–H groups in total. The van der Waals surface area contributed by atoms with Gasteiger partial charge in [0.15, 0.2) is 11.6 Å². The molecule has 1 atom stereocenters. The Balaban J connectivity index is 2.14. The third-order valence-corrected chi connectivity index (χ3v) is 5.70. The Hall–Kier alpha value is -3.28. The van der Waals surface area contributed by atoms with E-state index in [1.165, 1.54) is 20.8 Å². The topological polar surface area (TPSA) is 97.7 Å². The molecule has 0 spiro atoms. The zero-order chi connectivity index (χ0) is 21.5. The van der Waals surface area contributed by atoms with Crippen molar-refractivity contribution in [3.05, 3.63) is 57.7 Å². The molecule has 0 saturated heterocycles. The number of Topliss-reactive ketones (excluding diaryl/α,β-unsaturated/α-hetero) is 3. The molecule has 1 aromatic rings. The largest absolute Gasteiger partial charge is 0.489 e. The van der Waals surface area contributed by atoms with Crippen LogP contribution in [0.2, 0.25) is 0 Å². The van der Waals surface area contributed by atoms with Crippen molar-refractivity contribution in [2.45, 2.75) is 34.1 Å². The second-order valence-electron chi connectivity index (χ2n) is 7.64. The quantitative estimate of drug-likeness (QED) is 0.609. The number of carboxylic acids is 1. The van der Waals surface area contributed by atoms with Crippen molar-refractivity contribution in [2.75, 3.05) is 6.61 Å². The summed E-state index contributed by atoms with van der Waals surface area (Å²) in [6.45, 7) is 6.39. The number of allylic oxidation sites excluding steroid dienone is 4. The molecule has 3 rings (SSSR count). The fraction of sp³-hybridized carbons (Fsp3) is 0.304. The van der Waals surface area contributed by atoms with Crippen LogP contribution in [-0.2, 0) is 25.6 Å². The summed E-state index contributed by atoms with van der Waals surface area (Å²) < 4.78 is 5.59. The van der Waals surface area contributed by atoms with Gasteiger partial charge in [-0.05, 0) is 51.8 Å². The smallest absolute Gasteiger partial charge is 0.373 e. The van der Waals surface area contributed by atoms with E-state index in [1.54, 1.807) is 19.1 Å². The Labute approximate surface area is 168 Å². The lowest BCUT2D eigenvalue weighted by molar-refractivity contribution is -0.153. The second-order valence-corrected chi connectivity index (χ2v) is 7.64. The normalized spacial score (nSPS) is 18.3. The predicted molar refractivity (Wildman–Crippen MR) is 107 cm³/mol. The number of hydrogen-bond acceptors (Lipinski definition) is 5. The minimum atomic E-state index is -1.69. The third kappa shape index (κ3) is 3.35. The summed E-state index contributed by atoms with van der Waals surface area (Å²) in [6, 6.07) is 5.33. The first kappa shape index (κ1) is 20.5. The van der Waals surface area contributed by atoms with Gasteiger partial charge in [-0.2, -0.15) is 0 Å². The van der Waals surface area contributed by atoms with Crippen LogP contribution in [0.4, 0.5) is 0 Å². The zero-order valence-electron chi connectivity index (χ0n) is 16.8. The van der Waals surface area contributed by atoms with E-state index in [2.05, 4.69) is 0 Å². The lowest BCUT2D eigenvalue weighted by Gasteiger charge is -2.33. The van der Waals surface area contributed by atoms with Crippen LogP contribution in [0.5, 0.6) is 5.75 Å². The lowest BCUT2D eigenvalue weighted by atomic mass is 9.66. The summed E-state index contributed by atoms with van der Waals surface area (Å²) in [6.07, 6.45) is 3.74. The molecule has 2 aliphatic rings. The van der Waals surface area contributed by atoms with Crippen molar-refractivity contribution < 1.29 is 29.0 Å². The highest BCUT2D eigenvalue weighted by Crippen LogP contribution is 2.41. The molecule has 1 aliphatic heterocycles. The van der Waals surface area contributed by atoms with Crippen LogP contribution >= 0.6 is 0 Å². The van der Waals surface area contributed by atoms with Gasteiger partial charge in [-0.25, -0.2) is 4.79 Å². The van der Waals surface area contributed by atoms with Crippen molar-refractivity contribution in [3.63, 3.8) is 0 Å². The first-order valence-electron chi connectivity index (χ1n) is 9.26. The first-order chi connectivity index (χ1) is 13.6. The average Bonchev–Trinajstić information content (AvgIpc) is 2.70. The molecule has 150 valence electrons. The summed E-state index contributed by atoms with van der Waals surface area (Å²) in [7, 11) is 0. The molecule has 0 amide bonds. The van der Waals surface area contributed by atoms with Gasteiger partial charge in [0.25, 0.3) is 5.78 Å². The van der Waals surface area contributed by atoms with E-state index in [-0.39, 0.29) is 28.9 Å². The molecular formula is C23H22O6. The summed E-state index contributed by atoms with van der Waals surface area (Å²) in [5, 5.41) is 9.46. The Morgan fingerprint density at radius 1 is 1.07 bits per heavy atom. The van der Waals surface area contributed by atoms with Gasteiger partial charge in [0.05, 0.1) is 5.41 Å². The van der Waals surface area contributed by atoms with Crippen LogP contribution in [0.15, 0.2) is 46.6 Å². The van der Waals surface area contributed by atoms with Gasteiger partial charge < -0.3 is 9.84 Å². The molecule has 0 aromatic heterocycles. The van der Waals surface area contributed by atoms with E-state index in [0.717, 1.165) is 5.56 Å². The van der Waals surface area contributed by atoms with E-state index >= 15 is 0 Å². The number of ketones is 3. The zero-order valence-corrected chi connectivity index (χ0v) is 16.8. The average molecular weight is 394 g/mol. The number of carbonyl (C=O) groups is 4. The standard InChI is InChI=1S/C23H22O6/c1-12-13(2)20(25)18(14(3)19(12)24)23(4,21(26)22(27)28)11-15-7-8-16-6-5-9-29-17(16)10-15/h5-8,10H,9,11H2,1-4H3,(H,27,28). The monoisotopic (exact) mass is 394 g/mol. The van der Waals surface area contributed by atoms with Crippen LogP contribution in [0.25, 0.3) is 6.08 Å². The maximum atomic E-state index is 13.0. The Kier molecular flexibility index (Phi) is 5.13. The van der Waals surface area contributed by atoms with E-state index in [1.807, 2.05) is 18.2 Å². The minimum Gasteiger partial charge on any atom is -0.489 e. The van der Waals surface area contributed by atoms with Crippen molar-refractivity contribution >= 4 is 29.4 Å². The molecule has 29 heavy (non-hydrogen) atoms. The lowest BCUT2D eigenvalue weighted by Crippen LogP contribution is -2.42. The van der Waals surface area contributed by atoms with Gasteiger partial charge in [-0.15, -0.1) is 0 Å². The van der Waals surface area contributed by atoms with Gasteiger partial charge in [0, 0.05) is 27.9 Å². The van der Waals surface area contributed by atoms with Crippen molar-refractivity contribution in [2.24, 2.45) is 5.41 Å². The molecule has 0 fully saturated rings. The second kappa shape index (κ2) is 7.28. The van der Waals surface area contributed by atoms with E-state index in [4.69, 9.17) is 4.74 Å². The number of carboxylic acid groups (broad SMARTS) is 1. The SMILES string of the molecule is CC1=C(C)C(=O)C(C(C)(Cc2ccc3c(c2)OCC=C3)C(=O)C(=O)O)=C(C)C1=O. The molecule has 6 heteroatoms. The number of hydrogen-bond donors (Lipinski definition) is 1. The summed E-state index contributed by atoms with van der Waals surface area (Å²) in [5.74, 6) is -2.96. The predicted octanol–water partition coefficient (Wildman–Crippen LogP) is 3.10. The van der Waals surface area contributed by atoms with Crippen LogP contribution < -0.4 is 4.74 Å². The molecule has 1 aliphatic carbocycles. The van der Waals surface area contributed by atoms with Crippen LogP contribution in [0.1, 0.15) is 38.8 Å². The first-order valence-corrected chi connectivity index (χ1v) is 9.26. The molecule has 1 heterocycles. The number of rotatable bonds is 5.